The Hall–Kier alpha value is -2.05. The molecule has 1 N–H and O–H groups in total. The molecule has 3 heterocycles. The zero-order chi connectivity index (χ0) is 17.5. The Morgan fingerprint density at radius 1 is 1.32 bits per heavy atom. The Balaban J connectivity index is 1.64. The second kappa shape index (κ2) is 8.87. The SMILES string of the molecule is O=C(O)C1=C(SCCCc2ccccn2)N(Cc2cccs2)CC=C1. The van der Waals surface area contributed by atoms with Crippen molar-refractivity contribution in [2.45, 2.75) is 19.4 Å². The van der Waals surface area contributed by atoms with Gasteiger partial charge < -0.3 is 10.0 Å². The maximum absolute atomic E-state index is 11.6. The first-order chi connectivity index (χ1) is 12.2. The van der Waals surface area contributed by atoms with Crippen LogP contribution >= 0.6 is 23.1 Å². The van der Waals surface area contributed by atoms with E-state index in [1.54, 1.807) is 29.2 Å². The Kier molecular flexibility index (Phi) is 6.30. The number of aliphatic carboxylic acids is 1. The van der Waals surface area contributed by atoms with Crippen LogP contribution in [0.25, 0.3) is 0 Å². The van der Waals surface area contributed by atoms with Crippen LogP contribution in [0.2, 0.25) is 0 Å². The number of hydrogen-bond donors (Lipinski definition) is 1. The van der Waals surface area contributed by atoms with Crippen LogP contribution in [-0.4, -0.2) is 33.3 Å². The molecule has 0 spiro atoms. The Labute approximate surface area is 155 Å². The summed E-state index contributed by atoms with van der Waals surface area (Å²) >= 11 is 3.33. The molecule has 0 atom stereocenters. The highest BCUT2D eigenvalue weighted by atomic mass is 32.2. The fraction of sp³-hybridized carbons (Fsp3) is 0.263. The van der Waals surface area contributed by atoms with E-state index in [0.717, 1.165) is 42.4 Å². The third kappa shape index (κ3) is 4.96. The first-order valence-electron chi connectivity index (χ1n) is 8.18. The molecule has 130 valence electrons. The van der Waals surface area contributed by atoms with Crippen LogP contribution in [-0.2, 0) is 17.8 Å². The lowest BCUT2D eigenvalue weighted by Gasteiger charge is -2.29. The zero-order valence-electron chi connectivity index (χ0n) is 13.8. The van der Waals surface area contributed by atoms with Crippen molar-refractivity contribution in [3.05, 3.63) is 75.2 Å². The number of nitrogens with zero attached hydrogens (tertiary/aromatic N) is 2. The molecule has 0 fully saturated rings. The highest BCUT2D eigenvalue weighted by molar-refractivity contribution is 8.03. The third-order valence-electron chi connectivity index (χ3n) is 3.83. The van der Waals surface area contributed by atoms with Gasteiger partial charge in [-0.1, -0.05) is 18.2 Å². The Morgan fingerprint density at radius 2 is 2.24 bits per heavy atom. The average molecular weight is 373 g/mol. The number of thiophene rings is 1. The Morgan fingerprint density at radius 3 is 2.96 bits per heavy atom. The van der Waals surface area contributed by atoms with Gasteiger partial charge in [-0.3, -0.25) is 4.98 Å². The summed E-state index contributed by atoms with van der Waals surface area (Å²) in [6.45, 7) is 1.50. The predicted molar refractivity (Wildman–Crippen MR) is 104 cm³/mol. The number of carbonyl (C=O) groups is 1. The number of thioether (sulfide) groups is 1. The number of carboxylic acid groups (broad SMARTS) is 1. The van der Waals surface area contributed by atoms with Crippen molar-refractivity contribution in [3.63, 3.8) is 0 Å². The summed E-state index contributed by atoms with van der Waals surface area (Å²) in [6.07, 6.45) is 7.34. The van der Waals surface area contributed by atoms with Gasteiger partial charge in [0.25, 0.3) is 0 Å². The van der Waals surface area contributed by atoms with E-state index >= 15 is 0 Å². The van der Waals surface area contributed by atoms with Crippen LogP contribution in [0.15, 0.2) is 64.7 Å². The van der Waals surface area contributed by atoms with Crippen molar-refractivity contribution < 1.29 is 9.90 Å². The minimum absolute atomic E-state index is 0.394. The van der Waals surface area contributed by atoms with E-state index in [4.69, 9.17) is 0 Å². The standard InChI is InChI=1S/C19H20N2O2S2/c22-19(23)17-9-3-11-21(14-16-8-5-12-24-16)18(17)25-13-4-7-15-6-1-2-10-20-15/h1-3,5-6,8-10,12H,4,7,11,13-14H2,(H,22,23). The monoisotopic (exact) mass is 372 g/mol. The highest BCUT2D eigenvalue weighted by Gasteiger charge is 2.21. The molecule has 0 amide bonds. The normalized spacial score (nSPS) is 14.2. The fourth-order valence-electron chi connectivity index (χ4n) is 2.65. The number of pyridine rings is 1. The number of hydrogen-bond acceptors (Lipinski definition) is 5. The van der Waals surface area contributed by atoms with Crippen molar-refractivity contribution in [3.8, 4) is 0 Å². The largest absolute Gasteiger partial charge is 0.478 e. The maximum Gasteiger partial charge on any atom is 0.338 e. The van der Waals surface area contributed by atoms with Gasteiger partial charge in [-0.05, 0) is 48.2 Å². The van der Waals surface area contributed by atoms with Gasteiger partial charge in [0.05, 0.1) is 17.1 Å². The summed E-state index contributed by atoms with van der Waals surface area (Å²) in [5, 5.41) is 12.4. The number of aromatic nitrogens is 1. The molecule has 0 bridgehead atoms. The van der Waals surface area contributed by atoms with E-state index in [1.807, 2.05) is 36.5 Å². The van der Waals surface area contributed by atoms with Crippen LogP contribution in [0, 0.1) is 0 Å². The fourth-order valence-corrected chi connectivity index (χ4v) is 4.48. The van der Waals surface area contributed by atoms with Gasteiger partial charge in [0.1, 0.15) is 0 Å². The molecule has 4 nitrogen and oxygen atoms in total. The molecular formula is C19H20N2O2S2. The second-order valence-corrected chi connectivity index (χ2v) is 7.78. The van der Waals surface area contributed by atoms with E-state index in [1.165, 1.54) is 4.88 Å². The second-order valence-electron chi connectivity index (χ2n) is 5.66. The molecule has 2 aromatic heterocycles. The number of rotatable bonds is 8. The van der Waals surface area contributed by atoms with Gasteiger partial charge in [-0.15, -0.1) is 23.1 Å². The predicted octanol–water partition coefficient (Wildman–Crippen LogP) is 4.18. The molecule has 0 aliphatic carbocycles. The van der Waals surface area contributed by atoms with E-state index in [-0.39, 0.29) is 0 Å². The van der Waals surface area contributed by atoms with Gasteiger partial charge in [-0.25, -0.2) is 4.79 Å². The van der Waals surface area contributed by atoms with Crippen molar-refractivity contribution in [1.82, 2.24) is 9.88 Å². The van der Waals surface area contributed by atoms with Gasteiger partial charge in [-0.2, -0.15) is 0 Å². The molecular weight excluding hydrogens is 352 g/mol. The smallest absolute Gasteiger partial charge is 0.338 e. The van der Waals surface area contributed by atoms with Crippen LogP contribution < -0.4 is 0 Å². The molecule has 3 rings (SSSR count). The molecule has 0 unspecified atom stereocenters. The first-order valence-corrected chi connectivity index (χ1v) is 10.0. The summed E-state index contributed by atoms with van der Waals surface area (Å²) in [5.41, 5.74) is 1.47. The topological polar surface area (TPSA) is 53.4 Å². The van der Waals surface area contributed by atoms with E-state index in [9.17, 15) is 9.90 Å². The van der Waals surface area contributed by atoms with E-state index < -0.39 is 5.97 Å². The van der Waals surface area contributed by atoms with Gasteiger partial charge in [0, 0.05) is 23.3 Å². The molecule has 1 aliphatic heterocycles. The maximum atomic E-state index is 11.6. The van der Waals surface area contributed by atoms with Crippen LogP contribution in [0.1, 0.15) is 17.0 Å². The summed E-state index contributed by atoms with van der Waals surface area (Å²) in [7, 11) is 0. The van der Waals surface area contributed by atoms with Gasteiger partial charge in [0.15, 0.2) is 0 Å². The molecule has 2 aromatic rings. The number of aryl methyl sites for hydroxylation is 1. The van der Waals surface area contributed by atoms with E-state index in [2.05, 4.69) is 21.3 Å². The van der Waals surface area contributed by atoms with Gasteiger partial charge in [0.2, 0.25) is 0 Å². The lowest BCUT2D eigenvalue weighted by atomic mass is 10.2. The van der Waals surface area contributed by atoms with E-state index in [0.29, 0.717) is 5.57 Å². The van der Waals surface area contributed by atoms with Crippen molar-refractivity contribution in [2.24, 2.45) is 0 Å². The lowest BCUT2D eigenvalue weighted by molar-refractivity contribution is -0.132. The Bertz CT molecular complexity index is 755. The molecule has 0 radical (unpaired) electrons. The molecule has 0 aromatic carbocycles. The summed E-state index contributed by atoms with van der Waals surface area (Å²) in [5.74, 6) is 0.0108. The minimum Gasteiger partial charge on any atom is -0.478 e. The summed E-state index contributed by atoms with van der Waals surface area (Å²) in [6, 6.07) is 10.1. The van der Waals surface area contributed by atoms with Crippen LogP contribution in [0.5, 0.6) is 0 Å². The lowest BCUT2D eigenvalue weighted by Crippen LogP contribution is -2.26. The van der Waals surface area contributed by atoms with Crippen molar-refractivity contribution >= 4 is 29.1 Å². The van der Waals surface area contributed by atoms with Gasteiger partial charge >= 0.3 is 5.97 Å². The molecule has 1 aliphatic rings. The third-order valence-corrected chi connectivity index (χ3v) is 5.93. The van der Waals surface area contributed by atoms with Crippen molar-refractivity contribution in [1.29, 1.82) is 0 Å². The minimum atomic E-state index is -0.862. The molecule has 0 saturated heterocycles. The van der Waals surface area contributed by atoms with Crippen LogP contribution in [0.3, 0.4) is 0 Å². The average Bonchev–Trinajstić information content (AvgIpc) is 3.13. The van der Waals surface area contributed by atoms with Crippen LogP contribution in [0.4, 0.5) is 0 Å². The quantitative estimate of drug-likeness (QED) is 0.705. The first kappa shape index (κ1) is 17.8. The molecule has 0 saturated carbocycles. The molecule has 25 heavy (non-hydrogen) atoms. The highest BCUT2D eigenvalue weighted by Crippen LogP contribution is 2.31. The summed E-state index contributed by atoms with van der Waals surface area (Å²) < 4.78 is 0. The molecule has 6 heteroatoms. The summed E-state index contributed by atoms with van der Waals surface area (Å²) in [4.78, 5) is 19.3. The zero-order valence-corrected chi connectivity index (χ0v) is 15.4. The number of carboxylic acids is 1. The van der Waals surface area contributed by atoms with Crippen molar-refractivity contribution in [2.75, 3.05) is 12.3 Å².